The molecule has 2 rings (SSSR count). The highest BCUT2D eigenvalue weighted by Gasteiger charge is 2.16. The van der Waals surface area contributed by atoms with Gasteiger partial charge in [0.15, 0.2) is 0 Å². The summed E-state index contributed by atoms with van der Waals surface area (Å²) in [5.74, 6) is 0. The second-order valence-corrected chi connectivity index (χ2v) is 5.27. The summed E-state index contributed by atoms with van der Waals surface area (Å²) in [5.41, 5.74) is 2.17. The third kappa shape index (κ3) is 3.10. The second kappa shape index (κ2) is 6.32. The van der Waals surface area contributed by atoms with Gasteiger partial charge < -0.3 is 5.32 Å². The quantitative estimate of drug-likeness (QED) is 0.911. The average molecular weight is 326 g/mol. The van der Waals surface area contributed by atoms with E-state index in [4.69, 9.17) is 11.6 Å². The summed E-state index contributed by atoms with van der Waals surface area (Å²) in [6.07, 6.45) is 3.64. The predicted octanol–water partition coefficient (Wildman–Crippen LogP) is 4.20. The van der Waals surface area contributed by atoms with Gasteiger partial charge in [0, 0.05) is 21.9 Å². The molecule has 18 heavy (non-hydrogen) atoms. The topological polar surface area (TPSA) is 24.9 Å². The van der Waals surface area contributed by atoms with Gasteiger partial charge in [-0.1, -0.05) is 40.5 Å². The zero-order chi connectivity index (χ0) is 13.0. The molecule has 1 atom stereocenters. The summed E-state index contributed by atoms with van der Waals surface area (Å²) in [5, 5.41) is 4.20. The van der Waals surface area contributed by atoms with Crippen LogP contribution in [0.2, 0.25) is 5.02 Å². The number of rotatable bonds is 4. The minimum atomic E-state index is 0.0636. The number of benzene rings is 1. The Morgan fingerprint density at radius 2 is 2.22 bits per heavy atom. The van der Waals surface area contributed by atoms with Gasteiger partial charge in [-0.3, -0.25) is 4.98 Å². The molecule has 1 N–H and O–H groups in total. The molecule has 0 radical (unpaired) electrons. The first kappa shape index (κ1) is 13.5. The standard InChI is InChI=1S/C14H14BrClN2/c1-2-18-14(10-4-3-7-17-9-10)12-8-11(15)5-6-13(12)16/h3-9,14,18H,2H2,1H3. The highest BCUT2D eigenvalue weighted by atomic mass is 79.9. The maximum Gasteiger partial charge on any atom is 0.0607 e. The van der Waals surface area contributed by atoms with E-state index in [0.717, 1.165) is 27.2 Å². The number of hydrogen-bond donors (Lipinski definition) is 1. The van der Waals surface area contributed by atoms with Gasteiger partial charge in [0.2, 0.25) is 0 Å². The second-order valence-electron chi connectivity index (χ2n) is 3.94. The summed E-state index contributed by atoms with van der Waals surface area (Å²) in [6, 6.07) is 9.94. The van der Waals surface area contributed by atoms with Gasteiger partial charge in [-0.25, -0.2) is 0 Å². The van der Waals surface area contributed by atoms with Crippen molar-refractivity contribution in [3.8, 4) is 0 Å². The van der Waals surface area contributed by atoms with Crippen molar-refractivity contribution in [3.63, 3.8) is 0 Å². The smallest absolute Gasteiger partial charge is 0.0607 e. The molecular weight excluding hydrogens is 312 g/mol. The average Bonchev–Trinajstić information content (AvgIpc) is 2.40. The van der Waals surface area contributed by atoms with E-state index in [-0.39, 0.29) is 6.04 Å². The summed E-state index contributed by atoms with van der Waals surface area (Å²) >= 11 is 9.78. The van der Waals surface area contributed by atoms with Crippen molar-refractivity contribution in [2.75, 3.05) is 6.54 Å². The molecule has 0 saturated carbocycles. The minimum Gasteiger partial charge on any atom is -0.306 e. The van der Waals surface area contributed by atoms with Crippen molar-refractivity contribution in [1.29, 1.82) is 0 Å². The van der Waals surface area contributed by atoms with Gasteiger partial charge in [-0.2, -0.15) is 0 Å². The lowest BCUT2D eigenvalue weighted by molar-refractivity contribution is 0.628. The number of nitrogens with zero attached hydrogens (tertiary/aromatic N) is 1. The number of hydrogen-bond acceptors (Lipinski definition) is 2. The maximum atomic E-state index is 6.30. The molecule has 0 aliphatic heterocycles. The van der Waals surface area contributed by atoms with Crippen molar-refractivity contribution >= 4 is 27.5 Å². The Morgan fingerprint density at radius 3 is 2.89 bits per heavy atom. The Hall–Kier alpha value is -0.900. The van der Waals surface area contributed by atoms with Crippen LogP contribution in [0.25, 0.3) is 0 Å². The molecule has 0 bridgehead atoms. The Morgan fingerprint density at radius 1 is 1.39 bits per heavy atom. The number of nitrogens with one attached hydrogen (secondary N) is 1. The fourth-order valence-corrected chi connectivity index (χ4v) is 2.50. The Bertz CT molecular complexity index is 516. The summed E-state index contributed by atoms with van der Waals surface area (Å²) in [7, 11) is 0. The van der Waals surface area contributed by atoms with E-state index in [9.17, 15) is 0 Å². The highest BCUT2D eigenvalue weighted by molar-refractivity contribution is 9.10. The van der Waals surface area contributed by atoms with Gasteiger partial charge in [0.05, 0.1) is 6.04 Å². The van der Waals surface area contributed by atoms with E-state index in [2.05, 4.69) is 39.2 Å². The minimum absolute atomic E-state index is 0.0636. The Kier molecular flexibility index (Phi) is 4.75. The number of halogens is 2. The van der Waals surface area contributed by atoms with Crippen LogP contribution in [-0.4, -0.2) is 11.5 Å². The van der Waals surface area contributed by atoms with Gasteiger partial charge in [-0.05, 0) is 41.9 Å². The zero-order valence-corrected chi connectivity index (χ0v) is 12.4. The normalized spacial score (nSPS) is 12.4. The highest BCUT2D eigenvalue weighted by Crippen LogP contribution is 2.30. The molecule has 1 aromatic heterocycles. The SMILES string of the molecule is CCNC(c1cccnc1)c1cc(Br)ccc1Cl. The summed E-state index contributed by atoms with van der Waals surface area (Å²) < 4.78 is 1.02. The first-order valence-electron chi connectivity index (χ1n) is 5.80. The van der Waals surface area contributed by atoms with Crippen LogP contribution in [0.4, 0.5) is 0 Å². The largest absolute Gasteiger partial charge is 0.306 e. The molecule has 2 aromatic rings. The fraction of sp³-hybridized carbons (Fsp3) is 0.214. The lowest BCUT2D eigenvalue weighted by atomic mass is 10.00. The van der Waals surface area contributed by atoms with Crippen molar-refractivity contribution < 1.29 is 0 Å². The van der Waals surface area contributed by atoms with Crippen molar-refractivity contribution in [3.05, 3.63) is 63.3 Å². The van der Waals surface area contributed by atoms with Crippen LogP contribution >= 0.6 is 27.5 Å². The predicted molar refractivity (Wildman–Crippen MR) is 78.9 cm³/mol. The Balaban J connectivity index is 2.44. The third-order valence-electron chi connectivity index (χ3n) is 2.70. The molecule has 1 aromatic carbocycles. The van der Waals surface area contributed by atoms with Crippen LogP contribution in [0, 0.1) is 0 Å². The van der Waals surface area contributed by atoms with Gasteiger partial charge in [0.25, 0.3) is 0 Å². The van der Waals surface area contributed by atoms with E-state index >= 15 is 0 Å². The van der Waals surface area contributed by atoms with Crippen LogP contribution in [0.15, 0.2) is 47.2 Å². The lowest BCUT2D eigenvalue weighted by Crippen LogP contribution is -2.22. The van der Waals surface area contributed by atoms with E-state index in [1.54, 1.807) is 6.20 Å². The van der Waals surface area contributed by atoms with Crippen molar-refractivity contribution in [2.24, 2.45) is 0 Å². The van der Waals surface area contributed by atoms with Gasteiger partial charge in [0.1, 0.15) is 0 Å². The van der Waals surface area contributed by atoms with E-state index in [1.807, 2.05) is 30.5 Å². The molecule has 1 heterocycles. The maximum absolute atomic E-state index is 6.30. The number of aromatic nitrogens is 1. The van der Waals surface area contributed by atoms with Crippen LogP contribution in [0.1, 0.15) is 24.1 Å². The lowest BCUT2D eigenvalue weighted by Gasteiger charge is -2.20. The molecule has 0 amide bonds. The molecule has 4 heteroatoms. The zero-order valence-electron chi connectivity index (χ0n) is 10.0. The van der Waals surface area contributed by atoms with E-state index in [1.165, 1.54) is 0 Å². The molecule has 0 aliphatic carbocycles. The molecular formula is C14H14BrClN2. The van der Waals surface area contributed by atoms with Crippen LogP contribution in [0.3, 0.4) is 0 Å². The van der Waals surface area contributed by atoms with Gasteiger partial charge in [-0.15, -0.1) is 0 Å². The fourth-order valence-electron chi connectivity index (χ4n) is 1.89. The van der Waals surface area contributed by atoms with E-state index < -0.39 is 0 Å². The van der Waals surface area contributed by atoms with Crippen LogP contribution in [0.5, 0.6) is 0 Å². The molecule has 0 saturated heterocycles. The van der Waals surface area contributed by atoms with Crippen LogP contribution < -0.4 is 5.32 Å². The molecule has 0 aliphatic rings. The summed E-state index contributed by atoms with van der Waals surface area (Å²) in [6.45, 7) is 2.94. The van der Waals surface area contributed by atoms with Crippen molar-refractivity contribution in [1.82, 2.24) is 10.3 Å². The van der Waals surface area contributed by atoms with Crippen molar-refractivity contribution in [2.45, 2.75) is 13.0 Å². The van der Waals surface area contributed by atoms with Crippen LogP contribution in [-0.2, 0) is 0 Å². The van der Waals surface area contributed by atoms with Gasteiger partial charge >= 0.3 is 0 Å². The molecule has 0 fully saturated rings. The monoisotopic (exact) mass is 324 g/mol. The molecule has 2 nitrogen and oxygen atoms in total. The third-order valence-corrected chi connectivity index (χ3v) is 3.53. The summed E-state index contributed by atoms with van der Waals surface area (Å²) in [4.78, 5) is 4.17. The Labute approximate surface area is 121 Å². The molecule has 1 unspecified atom stereocenters. The number of pyridine rings is 1. The first-order valence-corrected chi connectivity index (χ1v) is 6.97. The van der Waals surface area contributed by atoms with E-state index in [0.29, 0.717) is 0 Å². The first-order chi connectivity index (χ1) is 8.72. The molecule has 94 valence electrons. The molecule has 0 spiro atoms.